The Morgan fingerprint density at radius 3 is 2.59 bits per heavy atom. The Morgan fingerprint density at radius 1 is 1.16 bits per heavy atom. The van der Waals surface area contributed by atoms with Crippen LogP contribution in [-0.4, -0.2) is 42.6 Å². The highest BCUT2D eigenvalue weighted by Gasteiger charge is 2.43. The highest BCUT2D eigenvalue weighted by molar-refractivity contribution is 6.00. The summed E-state index contributed by atoms with van der Waals surface area (Å²) in [4.78, 5) is 39.6. The van der Waals surface area contributed by atoms with Crippen LogP contribution in [0, 0.1) is 13.8 Å². The lowest BCUT2D eigenvalue weighted by Crippen LogP contribution is -2.49. The Kier molecular flexibility index (Phi) is 5.85. The molecule has 0 aromatic heterocycles. The molecule has 3 amide bonds. The first-order chi connectivity index (χ1) is 15.4. The van der Waals surface area contributed by atoms with Crippen molar-refractivity contribution in [2.45, 2.75) is 26.8 Å². The molecular weight excluding hydrogens is 410 g/mol. The highest BCUT2D eigenvalue weighted by atomic mass is 16.5. The second kappa shape index (κ2) is 8.74. The Hall–Kier alpha value is -3.81. The normalized spacial score (nSPS) is 17.6. The van der Waals surface area contributed by atoms with Gasteiger partial charge in [-0.25, -0.2) is 9.59 Å². The van der Waals surface area contributed by atoms with Crippen LogP contribution in [0.5, 0.6) is 5.75 Å². The number of urea groups is 1. The van der Waals surface area contributed by atoms with E-state index in [1.54, 1.807) is 12.1 Å². The first-order valence-corrected chi connectivity index (χ1v) is 10.5. The summed E-state index contributed by atoms with van der Waals surface area (Å²) in [6.45, 7) is 5.81. The molecule has 0 bridgehead atoms. The molecule has 2 aromatic carbocycles. The molecule has 1 atom stereocenters. The summed E-state index contributed by atoms with van der Waals surface area (Å²) in [6, 6.07) is 11.8. The molecule has 2 heterocycles. The first kappa shape index (κ1) is 21.4. The zero-order valence-electron chi connectivity index (χ0n) is 18.2. The number of aryl methyl sites for hydroxylation is 2. The van der Waals surface area contributed by atoms with Gasteiger partial charge in [-0.15, -0.1) is 0 Å². The van der Waals surface area contributed by atoms with E-state index < -0.39 is 18.0 Å². The minimum Gasteiger partial charge on any atom is -0.494 e. The van der Waals surface area contributed by atoms with Crippen molar-refractivity contribution in [3.8, 4) is 5.75 Å². The molecule has 0 spiro atoms. The average molecular weight is 435 g/mol. The predicted molar refractivity (Wildman–Crippen MR) is 118 cm³/mol. The fourth-order valence-electron chi connectivity index (χ4n) is 4.05. The van der Waals surface area contributed by atoms with E-state index in [1.807, 2.05) is 51.1 Å². The van der Waals surface area contributed by atoms with E-state index in [9.17, 15) is 14.4 Å². The number of cyclic esters (lactones) is 1. The SMILES string of the molecule is CCOc1ccccc1C1NC(=O)N(CC(=O)Nc2c(C)cccc2C)C2=C1C(=O)OC2. The number of ether oxygens (including phenoxy) is 2. The van der Waals surface area contributed by atoms with Crippen molar-refractivity contribution >= 4 is 23.6 Å². The molecule has 0 saturated heterocycles. The standard InChI is InChI=1S/C24H25N3O5/c1-4-31-18-11-6-5-10-16(18)22-20-17(13-32-23(20)29)27(24(30)26-22)12-19(28)25-21-14(2)8-7-9-15(21)3/h5-11,22H,4,12-13H2,1-3H3,(H,25,28)(H,26,30). The molecule has 2 aliphatic rings. The molecule has 0 radical (unpaired) electrons. The van der Waals surface area contributed by atoms with Gasteiger partial charge < -0.3 is 20.1 Å². The molecular formula is C24H25N3O5. The van der Waals surface area contributed by atoms with Crippen molar-refractivity contribution in [1.29, 1.82) is 0 Å². The molecule has 0 saturated carbocycles. The van der Waals surface area contributed by atoms with Gasteiger partial charge in [0.15, 0.2) is 0 Å². The lowest BCUT2D eigenvalue weighted by atomic mass is 9.95. The molecule has 0 aliphatic carbocycles. The minimum atomic E-state index is -0.715. The van der Waals surface area contributed by atoms with E-state index >= 15 is 0 Å². The van der Waals surface area contributed by atoms with Crippen molar-refractivity contribution in [3.05, 3.63) is 70.4 Å². The van der Waals surface area contributed by atoms with E-state index in [-0.39, 0.29) is 19.1 Å². The van der Waals surface area contributed by atoms with Crippen LogP contribution in [0.1, 0.15) is 29.7 Å². The maximum Gasteiger partial charge on any atom is 0.338 e. The van der Waals surface area contributed by atoms with Crippen molar-refractivity contribution < 1.29 is 23.9 Å². The topological polar surface area (TPSA) is 97.0 Å². The zero-order valence-corrected chi connectivity index (χ0v) is 18.2. The Bertz CT molecular complexity index is 1100. The largest absolute Gasteiger partial charge is 0.494 e. The summed E-state index contributed by atoms with van der Waals surface area (Å²) >= 11 is 0. The molecule has 8 heteroatoms. The number of rotatable bonds is 6. The second-order valence-electron chi connectivity index (χ2n) is 7.69. The maximum atomic E-state index is 13.0. The van der Waals surface area contributed by atoms with E-state index in [1.165, 1.54) is 4.90 Å². The van der Waals surface area contributed by atoms with Crippen molar-refractivity contribution in [2.75, 3.05) is 25.1 Å². The van der Waals surface area contributed by atoms with Gasteiger partial charge in [0.2, 0.25) is 5.91 Å². The molecule has 2 N–H and O–H groups in total. The Labute approximate surface area is 186 Å². The van der Waals surface area contributed by atoms with Crippen molar-refractivity contribution in [2.24, 2.45) is 0 Å². The molecule has 32 heavy (non-hydrogen) atoms. The van der Waals surface area contributed by atoms with Gasteiger partial charge in [-0.1, -0.05) is 36.4 Å². The highest BCUT2D eigenvalue weighted by Crippen LogP contribution is 2.38. The van der Waals surface area contributed by atoms with Crippen LogP contribution in [0.4, 0.5) is 10.5 Å². The third-order valence-electron chi connectivity index (χ3n) is 5.58. The number of esters is 1. The number of nitrogens with zero attached hydrogens (tertiary/aromatic N) is 1. The number of anilines is 1. The fraction of sp³-hybridized carbons (Fsp3) is 0.292. The van der Waals surface area contributed by atoms with Crippen LogP contribution in [0.3, 0.4) is 0 Å². The van der Waals surface area contributed by atoms with Crippen LogP contribution in [-0.2, 0) is 14.3 Å². The number of hydrogen-bond acceptors (Lipinski definition) is 5. The van der Waals surface area contributed by atoms with Gasteiger partial charge in [-0.2, -0.15) is 0 Å². The van der Waals surface area contributed by atoms with Crippen LogP contribution < -0.4 is 15.4 Å². The summed E-state index contributed by atoms with van der Waals surface area (Å²) in [6.07, 6.45) is 0. The summed E-state index contributed by atoms with van der Waals surface area (Å²) in [5, 5.41) is 5.72. The number of carbonyl (C=O) groups is 3. The number of benzene rings is 2. The number of hydrogen-bond donors (Lipinski definition) is 2. The van der Waals surface area contributed by atoms with Gasteiger partial charge in [0.05, 0.1) is 23.9 Å². The number of para-hydroxylation sites is 2. The Morgan fingerprint density at radius 2 is 1.88 bits per heavy atom. The summed E-state index contributed by atoms with van der Waals surface area (Å²) < 4.78 is 10.9. The number of amides is 3. The second-order valence-corrected chi connectivity index (χ2v) is 7.69. The number of carbonyl (C=O) groups excluding carboxylic acids is 3. The van der Waals surface area contributed by atoms with E-state index in [4.69, 9.17) is 9.47 Å². The summed E-state index contributed by atoms with van der Waals surface area (Å²) in [7, 11) is 0. The Balaban J connectivity index is 1.63. The molecule has 2 aliphatic heterocycles. The third kappa shape index (κ3) is 3.91. The van der Waals surface area contributed by atoms with Crippen molar-refractivity contribution in [1.82, 2.24) is 10.2 Å². The van der Waals surface area contributed by atoms with E-state index in [2.05, 4.69) is 10.6 Å². The molecule has 4 rings (SSSR count). The van der Waals surface area contributed by atoms with Crippen LogP contribution >= 0.6 is 0 Å². The summed E-state index contributed by atoms with van der Waals surface area (Å²) in [5.41, 5.74) is 3.94. The lowest BCUT2D eigenvalue weighted by Gasteiger charge is -2.33. The van der Waals surface area contributed by atoms with Gasteiger partial charge in [0.25, 0.3) is 0 Å². The lowest BCUT2D eigenvalue weighted by molar-refractivity contribution is -0.136. The van der Waals surface area contributed by atoms with Gasteiger partial charge >= 0.3 is 12.0 Å². The molecule has 8 nitrogen and oxygen atoms in total. The van der Waals surface area contributed by atoms with Gasteiger partial charge in [-0.3, -0.25) is 9.69 Å². The average Bonchev–Trinajstić information content (AvgIpc) is 3.15. The molecule has 0 fully saturated rings. The summed E-state index contributed by atoms with van der Waals surface area (Å²) in [5.74, 6) is -0.304. The number of nitrogens with one attached hydrogen (secondary N) is 2. The van der Waals surface area contributed by atoms with Gasteiger partial charge in [-0.05, 0) is 38.0 Å². The predicted octanol–water partition coefficient (Wildman–Crippen LogP) is 3.22. The molecule has 166 valence electrons. The van der Waals surface area contributed by atoms with Crippen LogP contribution in [0.25, 0.3) is 0 Å². The fourth-order valence-corrected chi connectivity index (χ4v) is 4.05. The van der Waals surface area contributed by atoms with E-state index in [0.29, 0.717) is 34.9 Å². The van der Waals surface area contributed by atoms with Gasteiger partial charge in [0, 0.05) is 11.3 Å². The monoisotopic (exact) mass is 435 g/mol. The third-order valence-corrected chi connectivity index (χ3v) is 5.58. The maximum absolute atomic E-state index is 13.0. The smallest absolute Gasteiger partial charge is 0.338 e. The zero-order chi connectivity index (χ0) is 22.8. The molecule has 2 aromatic rings. The van der Waals surface area contributed by atoms with Gasteiger partial charge in [0.1, 0.15) is 18.9 Å². The van der Waals surface area contributed by atoms with Crippen LogP contribution in [0.2, 0.25) is 0 Å². The van der Waals surface area contributed by atoms with Crippen molar-refractivity contribution in [3.63, 3.8) is 0 Å². The minimum absolute atomic E-state index is 0.0639. The first-order valence-electron chi connectivity index (χ1n) is 10.5. The van der Waals surface area contributed by atoms with Crippen LogP contribution in [0.15, 0.2) is 53.7 Å². The molecule has 1 unspecified atom stereocenters. The quantitative estimate of drug-likeness (QED) is 0.679. The van der Waals surface area contributed by atoms with E-state index in [0.717, 1.165) is 11.1 Å².